The largest absolute Gasteiger partial charge is 0.313 e. The Bertz CT molecular complexity index is 460. The van der Waals surface area contributed by atoms with E-state index in [0.717, 1.165) is 18.8 Å². The highest BCUT2D eigenvalue weighted by Crippen LogP contribution is 2.10. The van der Waals surface area contributed by atoms with Crippen molar-refractivity contribution in [1.82, 2.24) is 15.1 Å². The smallest absolute Gasteiger partial charge is 0.0648 e. The van der Waals surface area contributed by atoms with Crippen molar-refractivity contribution in [3.8, 4) is 5.69 Å². The monoisotopic (exact) mass is 215 g/mol. The van der Waals surface area contributed by atoms with Crippen molar-refractivity contribution < 1.29 is 0 Å². The highest BCUT2D eigenvalue weighted by Gasteiger charge is 2.00. The molecule has 0 atom stereocenters. The summed E-state index contributed by atoms with van der Waals surface area (Å²) < 4.78 is 1.92. The molecule has 1 aromatic carbocycles. The summed E-state index contributed by atoms with van der Waals surface area (Å²) in [5.41, 5.74) is 3.58. The van der Waals surface area contributed by atoms with Gasteiger partial charge in [0.25, 0.3) is 0 Å². The molecule has 1 N–H and O–H groups in total. The third-order valence-electron chi connectivity index (χ3n) is 2.48. The summed E-state index contributed by atoms with van der Waals surface area (Å²) in [4.78, 5) is 0. The quantitative estimate of drug-likeness (QED) is 0.848. The van der Waals surface area contributed by atoms with Crippen LogP contribution < -0.4 is 5.32 Å². The van der Waals surface area contributed by atoms with Gasteiger partial charge in [0.05, 0.1) is 11.9 Å². The van der Waals surface area contributed by atoms with Crippen LogP contribution in [0, 0.1) is 6.92 Å². The molecule has 16 heavy (non-hydrogen) atoms. The first kappa shape index (κ1) is 10.9. The predicted octanol–water partition coefficient (Wildman–Crippen LogP) is 2.29. The molecule has 0 unspecified atom stereocenters. The van der Waals surface area contributed by atoms with E-state index < -0.39 is 0 Å². The molecule has 1 heterocycles. The lowest BCUT2D eigenvalue weighted by molar-refractivity contribution is 0.726. The predicted molar refractivity (Wildman–Crippen MR) is 65.7 cm³/mol. The fraction of sp³-hybridized carbons (Fsp3) is 0.308. The number of nitrogens with one attached hydrogen (secondary N) is 1. The van der Waals surface area contributed by atoms with Crippen LogP contribution in [-0.2, 0) is 6.54 Å². The van der Waals surface area contributed by atoms with Crippen molar-refractivity contribution >= 4 is 0 Å². The van der Waals surface area contributed by atoms with Gasteiger partial charge >= 0.3 is 0 Å². The van der Waals surface area contributed by atoms with Crippen LogP contribution in [0.15, 0.2) is 36.7 Å². The molecule has 3 nitrogen and oxygen atoms in total. The summed E-state index contributed by atoms with van der Waals surface area (Å²) in [5.74, 6) is 0. The Balaban J connectivity index is 2.18. The van der Waals surface area contributed by atoms with E-state index >= 15 is 0 Å². The maximum absolute atomic E-state index is 4.36. The molecule has 3 heteroatoms. The van der Waals surface area contributed by atoms with Gasteiger partial charge in [-0.15, -0.1) is 0 Å². The van der Waals surface area contributed by atoms with Gasteiger partial charge in [-0.3, -0.25) is 0 Å². The van der Waals surface area contributed by atoms with Crippen molar-refractivity contribution in [3.05, 3.63) is 47.8 Å². The summed E-state index contributed by atoms with van der Waals surface area (Å²) in [6.07, 6.45) is 3.97. The molecular formula is C13H17N3. The molecule has 0 saturated heterocycles. The van der Waals surface area contributed by atoms with E-state index in [-0.39, 0.29) is 0 Å². The molecule has 0 fully saturated rings. The molecular weight excluding hydrogens is 198 g/mol. The molecule has 0 bridgehead atoms. The number of hydrogen-bond acceptors (Lipinski definition) is 2. The molecule has 1 aromatic heterocycles. The van der Waals surface area contributed by atoms with Crippen LogP contribution in [0.2, 0.25) is 0 Å². The molecule has 2 aromatic rings. The lowest BCUT2D eigenvalue weighted by Gasteiger charge is -2.01. The number of aromatic nitrogens is 2. The maximum Gasteiger partial charge on any atom is 0.0648 e. The van der Waals surface area contributed by atoms with E-state index in [1.165, 1.54) is 11.1 Å². The summed E-state index contributed by atoms with van der Waals surface area (Å²) in [6.45, 7) is 6.05. The standard InChI is InChI=1S/C13H17N3/c1-3-14-8-12-9-15-16(10-12)13-6-4-5-11(2)7-13/h4-7,9-10,14H,3,8H2,1-2H3. The third kappa shape index (κ3) is 2.49. The SMILES string of the molecule is CCNCc1cnn(-c2cccc(C)c2)c1. The van der Waals surface area contributed by atoms with Crippen LogP contribution in [0.1, 0.15) is 18.1 Å². The Labute approximate surface area is 96.1 Å². The second kappa shape index (κ2) is 4.94. The number of hydrogen-bond donors (Lipinski definition) is 1. The molecule has 84 valence electrons. The highest BCUT2D eigenvalue weighted by atomic mass is 15.3. The van der Waals surface area contributed by atoms with Gasteiger partial charge in [0, 0.05) is 18.3 Å². The summed E-state index contributed by atoms with van der Waals surface area (Å²) in [6, 6.07) is 8.34. The summed E-state index contributed by atoms with van der Waals surface area (Å²) >= 11 is 0. The first-order valence-corrected chi connectivity index (χ1v) is 5.61. The highest BCUT2D eigenvalue weighted by molar-refractivity contribution is 5.34. The third-order valence-corrected chi connectivity index (χ3v) is 2.48. The summed E-state index contributed by atoms with van der Waals surface area (Å²) in [5, 5.41) is 7.64. The number of benzene rings is 1. The molecule has 0 aliphatic rings. The molecule has 0 amide bonds. The van der Waals surface area contributed by atoms with Crippen LogP contribution in [0.25, 0.3) is 5.69 Å². The van der Waals surface area contributed by atoms with E-state index in [1.807, 2.05) is 10.9 Å². The van der Waals surface area contributed by atoms with Crippen molar-refractivity contribution in [2.75, 3.05) is 6.54 Å². The van der Waals surface area contributed by atoms with Gasteiger partial charge in [0.15, 0.2) is 0 Å². The van der Waals surface area contributed by atoms with E-state index in [0.29, 0.717) is 0 Å². The zero-order chi connectivity index (χ0) is 11.4. The van der Waals surface area contributed by atoms with Gasteiger partial charge < -0.3 is 5.32 Å². The summed E-state index contributed by atoms with van der Waals surface area (Å²) in [7, 11) is 0. The number of rotatable bonds is 4. The van der Waals surface area contributed by atoms with Crippen molar-refractivity contribution in [2.24, 2.45) is 0 Å². The average Bonchev–Trinajstić information content (AvgIpc) is 2.75. The Kier molecular flexibility index (Phi) is 3.37. The fourth-order valence-electron chi connectivity index (χ4n) is 1.63. The van der Waals surface area contributed by atoms with Gasteiger partial charge in [-0.05, 0) is 31.2 Å². The van der Waals surface area contributed by atoms with Crippen molar-refractivity contribution in [2.45, 2.75) is 20.4 Å². The molecule has 2 rings (SSSR count). The topological polar surface area (TPSA) is 29.9 Å². The Morgan fingerprint density at radius 2 is 2.25 bits per heavy atom. The first-order valence-electron chi connectivity index (χ1n) is 5.61. The zero-order valence-corrected chi connectivity index (χ0v) is 9.77. The minimum absolute atomic E-state index is 0.877. The van der Waals surface area contributed by atoms with Crippen molar-refractivity contribution in [3.63, 3.8) is 0 Å². The van der Waals surface area contributed by atoms with Gasteiger partial charge in [-0.25, -0.2) is 4.68 Å². The minimum Gasteiger partial charge on any atom is -0.313 e. The second-order valence-electron chi connectivity index (χ2n) is 3.91. The van der Waals surface area contributed by atoms with Gasteiger partial charge in [-0.1, -0.05) is 19.1 Å². The van der Waals surface area contributed by atoms with E-state index in [9.17, 15) is 0 Å². The Morgan fingerprint density at radius 1 is 1.38 bits per heavy atom. The molecule has 0 aliphatic carbocycles. The van der Waals surface area contributed by atoms with Gasteiger partial charge in [-0.2, -0.15) is 5.10 Å². The molecule has 0 radical (unpaired) electrons. The maximum atomic E-state index is 4.36. The van der Waals surface area contributed by atoms with E-state index in [4.69, 9.17) is 0 Å². The Hall–Kier alpha value is -1.61. The van der Waals surface area contributed by atoms with Gasteiger partial charge in [0.2, 0.25) is 0 Å². The molecule has 0 aliphatic heterocycles. The number of aryl methyl sites for hydroxylation is 1. The number of nitrogens with zero attached hydrogens (tertiary/aromatic N) is 2. The van der Waals surface area contributed by atoms with Crippen LogP contribution in [0.4, 0.5) is 0 Å². The van der Waals surface area contributed by atoms with Crippen molar-refractivity contribution in [1.29, 1.82) is 0 Å². The van der Waals surface area contributed by atoms with E-state index in [2.05, 4.69) is 54.7 Å². The lowest BCUT2D eigenvalue weighted by atomic mass is 10.2. The van der Waals surface area contributed by atoms with E-state index in [1.54, 1.807) is 0 Å². The van der Waals surface area contributed by atoms with Gasteiger partial charge in [0.1, 0.15) is 0 Å². The average molecular weight is 215 g/mol. The van der Waals surface area contributed by atoms with Crippen LogP contribution >= 0.6 is 0 Å². The fourth-order valence-corrected chi connectivity index (χ4v) is 1.63. The zero-order valence-electron chi connectivity index (χ0n) is 9.77. The second-order valence-corrected chi connectivity index (χ2v) is 3.91. The van der Waals surface area contributed by atoms with Crippen LogP contribution in [-0.4, -0.2) is 16.3 Å². The van der Waals surface area contributed by atoms with Crippen LogP contribution in [0.5, 0.6) is 0 Å². The van der Waals surface area contributed by atoms with Crippen LogP contribution in [0.3, 0.4) is 0 Å². The minimum atomic E-state index is 0.877. The lowest BCUT2D eigenvalue weighted by Crippen LogP contribution is -2.10. The normalized spacial score (nSPS) is 10.6. The Morgan fingerprint density at radius 3 is 3.00 bits per heavy atom. The molecule has 0 spiro atoms. The molecule has 0 saturated carbocycles. The first-order chi connectivity index (χ1) is 7.79.